The maximum atomic E-state index is 11.6. The highest BCUT2D eigenvalue weighted by Crippen LogP contribution is 2.25. The zero-order chi connectivity index (χ0) is 12.8. The summed E-state index contributed by atoms with van der Waals surface area (Å²) in [6, 6.07) is 4.56. The lowest BCUT2D eigenvalue weighted by molar-refractivity contribution is -0.121. The van der Waals surface area contributed by atoms with Crippen molar-refractivity contribution < 1.29 is 4.79 Å². The van der Waals surface area contributed by atoms with Gasteiger partial charge in [-0.15, -0.1) is 6.42 Å². The molecule has 1 aromatic carbocycles. The van der Waals surface area contributed by atoms with Gasteiger partial charge in [0.25, 0.3) is 0 Å². The highest BCUT2D eigenvalue weighted by Gasteiger charge is 2.13. The fourth-order valence-corrected chi connectivity index (χ4v) is 1.54. The van der Waals surface area contributed by atoms with Gasteiger partial charge in [-0.05, 0) is 25.1 Å². The van der Waals surface area contributed by atoms with Crippen LogP contribution in [0, 0.1) is 12.3 Å². The van der Waals surface area contributed by atoms with E-state index in [9.17, 15) is 4.79 Å². The van der Waals surface area contributed by atoms with Gasteiger partial charge in [0, 0.05) is 5.02 Å². The maximum absolute atomic E-state index is 11.6. The highest BCUT2D eigenvalue weighted by molar-refractivity contribution is 6.35. The first-order valence-corrected chi connectivity index (χ1v) is 5.73. The Bertz CT molecular complexity index is 454. The van der Waals surface area contributed by atoms with Crippen LogP contribution in [0.15, 0.2) is 18.2 Å². The number of carbonyl (C=O) groups excluding carboxylic acids is 1. The summed E-state index contributed by atoms with van der Waals surface area (Å²) in [4.78, 5) is 11.6. The van der Waals surface area contributed by atoms with Gasteiger partial charge in [-0.1, -0.05) is 29.1 Å². The average Bonchev–Trinajstić information content (AvgIpc) is 2.30. The van der Waals surface area contributed by atoms with Crippen LogP contribution < -0.4 is 10.6 Å². The molecule has 0 saturated carbocycles. The second-order valence-corrected chi connectivity index (χ2v) is 4.26. The number of halogens is 2. The van der Waals surface area contributed by atoms with E-state index in [1.807, 2.05) is 0 Å². The van der Waals surface area contributed by atoms with Crippen LogP contribution in [0.3, 0.4) is 0 Å². The van der Waals surface area contributed by atoms with Crippen LogP contribution in [0.1, 0.15) is 6.92 Å². The van der Waals surface area contributed by atoms with Crippen LogP contribution in [0.5, 0.6) is 0 Å². The molecule has 0 spiro atoms. The standard InChI is InChI=1S/C12H12Cl2N2O/c1-3-6-15-12(17)8(2)16-11-7-9(13)4-5-10(11)14/h1,4-5,7-8,16H,6H2,2H3,(H,15,17). The quantitative estimate of drug-likeness (QED) is 0.826. The second kappa shape index (κ2) is 6.39. The number of nitrogens with one attached hydrogen (secondary N) is 2. The number of carbonyl (C=O) groups is 1. The van der Waals surface area contributed by atoms with E-state index in [1.54, 1.807) is 25.1 Å². The molecule has 0 saturated heterocycles. The molecule has 1 amide bonds. The van der Waals surface area contributed by atoms with E-state index in [-0.39, 0.29) is 12.5 Å². The summed E-state index contributed by atoms with van der Waals surface area (Å²) in [5, 5.41) is 6.59. The Morgan fingerprint density at radius 1 is 1.53 bits per heavy atom. The first kappa shape index (κ1) is 13.7. The van der Waals surface area contributed by atoms with Crippen LogP contribution in [0.4, 0.5) is 5.69 Å². The lowest BCUT2D eigenvalue weighted by Crippen LogP contribution is -2.37. The number of amides is 1. The molecule has 0 aliphatic carbocycles. The molecule has 0 bridgehead atoms. The molecule has 0 aliphatic heterocycles. The van der Waals surface area contributed by atoms with Gasteiger partial charge in [-0.25, -0.2) is 0 Å². The number of anilines is 1. The van der Waals surface area contributed by atoms with Crippen LogP contribution in [0.25, 0.3) is 0 Å². The molecule has 0 aliphatic rings. The van der Waals surface area contributed by atoms with E-state index in [1.165, 1.54) is 0 Å². The van der Waals surface area contributed by atoms with Gasteiger partial charge in [-0.2, -0.15) is 0 Å². The Kier molecular flexibility index (Phi) is 5.14. The number of terminal acetylenes is 1. The Morgan fingerprint density at radius 3 is 2.88 bits per heavy atom. The van der Waals surface area contributed by atoms with E-state index in [4.69, 9.17) is 29.6 Å². The van der Waals surface area contributed by atoms with Gasteiger partial charge in [0.05, 0.1) is 17.3 Å². The summed E-state index contributed by atoms with van der Waals surface area (Å²) in [7, 11) is 0. The van der Waals surface area contributed by atoms with Crippen LogP contribution in [0.2, 0.25) is 10.0 Å². The molecule has 0 fully saturated rings. The summed E-state index contributed by atoms with van der Waals surface area (Å²) >= 11 is 11.8. The van der Waals surface area contributed by atoms with Gasteiger partial charge in [-0.3, -0.25) is 4.79 Å². The minimum atomic E-state index is -0.445. The van der Waals surface area contributed by atoms with Crippen molar-refractivity contribution in [1.82, 2.24) is 5.32 Å². The topological polar surface area (TPSA) is 41.1 Å². The van der Waals surface area contributed by atoms with Crippen molar-refractivity contribution in [1.29, 1.82) is 0 Å². The Labute approximate surface area is 110 Å². The van der Waals surface area contributed by atoms with E-state index in [0.29, 0.717) is 15.7 Å². The second-order valence-electron chi connectivity index (χ2n) is 3.41. The monoisotopic (exact) mass is 270 g/mol. The summed E-state index contributed by atoms with van der Waals surface area (Å²) in [5.74, 6) is 2.14. The Morgan fingerprint density at radius 2 is 2.24 bits per heavy atom. The molecule has 17 heavy (non-hydrogen) atoms. The van der Waals surface area contributed by atoms with E-state index < -0.39 is 6.04 Å². The van der Waals surface area contributed by atoms with Gasteiger partial charge in [0.2, 0.25) is 5.91 Å². The van der Waals surface area contributed by atoms with Crippen LogP contribution >= 0.6 is 23.2 Å². The van der Waals surface area contributed by atoms with Crippen LogP contribution in [-0.2, 0) is 4.79 Å². The number of hydrogen-bond donors (Lipinski definition) is 2. The molecule has 2 N–H and O–H groups in total. The van der Waals surface area contributed by atoms with E-state index in [0.717, 1.165) is 0 Å². The molecule has 5 heteroatoms. The third kappa shape index (κ3) is 4.18. The van der Waals surface area contributed by atoms with Crippen molar-refractivity contribution in [3.63, 3.8) is 0 Å². The lowest BCUT2D eigenvalue weighted by Gasteiger charge is -2.15. The Balaban J connectivity index is 2.67. The molecule has 0 radical (unpaired) electrons. The maximum Gasteiger partial charge on any atom is 0.242 e. The number of hydrogen-bond acceptors (Lipinski definition) is 2. The largest absolute Gasteiger partial charge is 0.373 e. The fourth-order valence-electron chi connectivity index (χ4n) is 1.20. The zero-order valence-corrected chi connectivity index (χ0v) is 10.8. The first-order valence-electron chi connectivity index (χ1n) is 4.97. The van der Waals surface area contributed by atoms with Gasteiger partial charge in [0.15, 0.2) is 0 Å². The molecule has 1 unspecified atom stereocenters. The molecule has 90 valence electrons. The first-order chi connectivity index (χ1) is 8.04. The Hall–Kier alpha value is -1.37. The predicted molar refractivity (Wildman–Crippen MR) is 71.4 cm³/mol. The van der Waals surface area contributed by atoms with Crippen molar-refractivity contribution in [3.8, 4) is 12.3 Å². The van der Waals surface area contributed by atoms with Gasteiger partial charge < -0.3 is 10.6 Å². The third-order valence-electron chi connectivity index (χ3n) is 2.06. The molecular formula is C12H12Cl2N2O. The number of benzene rings is 1. The van der Waals surface area contributed by atoms with Gasteiger partial charge >= 0.3 is 0 Å². The van der Waals surface area contributed by atoms with Gasteiger partial charge in [0.1, 0.15) is 6.04 Å². The minimum Gasteiger partial charge on any atom is -0.373 e. The van der Waals surface area contributed by atoms with Crippen molar-refractivity contribution in [2.24, 2.45) is 0 Å². The zero-order valence-electron chi connectivity index (χ0n) is 9.26. The van der Waals surface area contributed by atoms with Crippen molar-refractivity contribution in [2.45, 2.75) is 13.0 Å². The summed E-state index contributed by atoms with van der Waals surface area (Å²) in [5.41, 5.74) is 0.613. The summed E-state index contributed by atoms with van der Waals surface area (Å²) in [6.07, 6.45) is 5.05. The third-order valence-corrected chi connectivity index (χ3v) is 2.62. The molecule has 1 rings (SSSR count). The molecule has 0 aromatic heterocycles. The normalized spacial score (nSPS) is 11.4. The molecular weight excluding hydrogens is 259 g/mol. The van der Waals surface area contributed by atoms with E-state index >= 15 is 0 Å². The van der Waals surface area contributed by atoms with E-state index in [2.05, 4.69) is 16.6 Å². The average molecular weight is 271 g/mol. The SMILES string of the molecule is C#CCNC(=O)C(C)Nc1cc(Cl)ccc1Cl. The molecule has 1 atom stereocenters. The van der Waals surface area contributed by atoms with Crippen LogP contribution in [-0.4, -0.2) is 18.5 Å². The molecule has 3 nitrogen and oxygen atoms in total. The summed E-state index contributed by atoms with van der Waals surface area (Å²) in [6.45, 7) is 1.91. The highest BCUT2D eigenvalue weighted by atomic mass is 35.5. The smallest absolute Gasteiger partial charge is 0.242 e. The van der Waals surface area contributed by atoms with Crippen molar-refractivity contribution in [2.75, 3.05) is 11.9 Å². The fraction of sp³-hybridized carbons (Fsp3) is 0.250. The molecule has 0 heterocycles. The van der Waals surface area contributed by atoms with Crippen molar-refractivity contribution in [3.05, 3.63) is 28.2 Å². The minimum absolute atomic E-state index is 0.195. The lowest BCUT2D eigenvalue weighted by atomic mass is 10.2. The number of rotatable bonds is 4. The van der Waals surface area contributed by atoms with Crippen molar-refractivity contribution >= 4 is 34.8 Å². The predicted octanol–water partition coefficient (Wildman–Crippen LogP) is 2.54. The molecule has 1 aromatic rings. The summed E-state index contributed by atoms with van der Waals surface area (Å²) < 4.78 is 0.